The zero-order valence-electron chi connectivity index (χ0n) is 17.4. The second-order valence-corrected chi connectivity index (χ2v) is 7.82. The minimum atomic E-state index is -1.01. The summed E-state index contributed by atoms with van der Waals surface area (Å²) in [7, 11) is 1.54. The number of nitrogens with zero attached hydrogens (tertiary/aromatic N) is 1. The number of ketones is 1. The lowest BCUT2D eigenvalue weighted by molar-refractivity contribution is -0.140. The van der Waals surface area contributed by atoms with E-state index in [9.17, 15) is 19.1 Å². The van der Waals surface area contributed by atoms with E-state index in [2.05, 4.69) is 0 Å². The third kappa shape index (κ3) is 3.81. The van der Waals surface area contributed by atoms with Crippen molar-refractivity contribution in [2.24, 2.45) is 0 Å². The molecule has 6 nitrogen and oxygen atoms in total. The predicted octanol–water partition coefficient (Wildman–Crippen LogP) is 3.61. The number of aliphatic hydroxyl groups is 1. The van der Waals surface area contributed by atoms with E-state index in [1.165, 1.54) is 23.1 Å². The molecule has 2 aliphatic rings. The standard InChI is InChI=1S/C24H24FNO5/c1-14-12-16-13-15(8-9-19(16)31-14)22(27)20-21(17-6-3-4-7-18(17)25)26(10-5-11-30-2)24(29)23(20)28/h3-4,6-9,13-14,21,27H,5,10-12H2,1-2H3/b22-20+/t14-,21-/m1/s1. The SMILES string of the molecule is COCCCN1C(=O)C(=O)/C(=C(/O)c2ccc3c(c2)C[C@@H](C)O3)[C@H]1c1ccccc1F. The molecule has 2 heterocycles. The van der Waals surface area contributed by atoms with Gasteiger partial charge < -0.3 is 19.5 Å². The maximum Gasteiger partial charge on any atom is 0.295 e. The molecule has 1 N–H and O–H groups in total. The van der Waals surface area contributed by atoms with Gasteiger partial charge in [-0.05, 0) is 43.2 Å². The van der Waals surface area contributed by atoms with Crippen LogP contribution >= 0.6 is 0 Å². The number of carbonyl (C=O) groups is 2. The molecular formula is C24H24FNO5. The number of hydrogen-bond donors (Lipinski definition) is 1. The number of ether oxygens (including phenoxy) is 2. The Morgan fingerprint density at radius 3 is 2.77 bits per heavy atom. The Bertz CT molecular complexity index is 1060. The van der Waals surface area contributed by atoms with Crippen LogP contribution in [0.1, 0.15) is 36.1 Å². The first-order valence-electron chi connectivity index (χ1n) is 10.2. The van der Waals surface area contributed by atoms with Crippen molar-refractivity contribution >= 4 is 17.4 Å². The Morgan fingerprint density at radius 1 is 1.26 bits per heavy atom. The summed E-state index contributed by atoms with van der Waals surface area (Å²) in [4.78, 5) is 27.1. The quantitative estimate of drug-likeness (QED) is 0.331. The summed E-state index contributed by atoms with van der Waals surface area (Å²) >= 11 is 0. The number of aliphatic hydroxyl groups excluding tert-OH is 1. The summed E-state index contributed by atoms with van der Waals surface area (Å²) in [6.07, 6.45) is 1.18. The number of benzene rings is 2. The van der Waals surface area contributed by atoms with Gasteiger partial charge in [-0.2, -0.15) is 0 Å². The molecule has 2 atom stereocenters. The van der Waals surface area contributed by atoms with Crippen molar-refractivity contribution in [3.63, 3.8) is 0 Å². The second kappa shape index (κ2) is 8.51. The van der Waals surface area contributed by atoms with Crippen LogP contribution < -0.4 is 4.74 Å². The van der Waals surface area contributed by atoms with Gasteiger partial charge in [-0.3, -0.25) is 9.59 Å². The lowest BCUT2D eigenvalue weighted by atomic mass is 9.94. The lowest BCUT2D eigenvalue weighted by Gasteiger charge is -2.25. The first kappa shape index (κ1) is 21.1. The highest BCUT2D eigenvalue weighted by molar-refractivity contribution is 6.46. The average Bonchev–Trinajstić information content (AvgIpc) is 3.24. The second-order valence-electron chi connectivity index (χ2n) is 7.82. The molecular weight excluding hydrogens is 401 g/mol. The first-order chi connectivity index (χ1) is 14.9. The van der Waals surface area contributed by atoms with Crippen molar-refractivity contribution in [3.05, 3.63) is 70.5 Å². The molecule has 1 amide bonds. The van der Waals surface area contributed by atoms with E-state index in [1.54, 1.807) is 31.4 Å². The number of hydrogen-bond acceptors (Lipinski definition) is 5. The molecule has 0 radical (unpaired) electrons. The molecule has 1 fully saturated rings. The van der Waals surface area contributed by atoms with Gasteiger partial charge in [-0.1, -0.05) is 18.2 Å². The van der Waals surface area contributed by atoms with Gasteiger partial charge in [0.25, 0.3) is 11.7 Å². The smallest absolute Gasteiger partial charge is 0.295 e. The first-order valence-corrected chi connectivity index (χ1v) is 10.2. The average molecular weight is 425 g/mol. The molecule has 7 heteroatoms. The molecule has 162 valence electrons. The summed E-state index contributed by atoms with van der Waals surface area (Å²) in [5, 5.41) is 11.1. The van der Waals surface area contributed by atoms with Gasteiger partial charge in [0.1, 0.15) is 23.4 Å². The summed E-state index contributed by atoms with van der Waals surface area (Å²) < 4.78 is 25.5. The highest BCUT2D eigenvalue weighted by Crippen LogP contribution is 2.41. The normalized spacial score (nSPS) is 22.0. The maximum absolute atomic E-state index is 14.7. The number of methoxy groups -OCH3 is 1. The van der Waals surface area contributed by atoms with E-state index >= 15 is 0 Å². The fourth-order valence-electron chi connectivity index (χ4n) is 4.23. The number of carbonyl (C=O) groups excluding carboxylic acids is 2. The Morgan fingerprint density at radius 2 is 2.03 bits per heavy atom. The van der Waals surface area contributed by atoms with E-state index < -0.39 is 23.5 Å². The van der Waals surface area contributed by atoms with Crippen LogP contribution in [0, 0.1) is 5.82 Å². The summed E-state index contributed by atoms with van der Waals surface area (Å²) in [5.74, 6) is -1.72. The Kier molecular flexibility index (Phi) is 5.78. The van der Waals surface area contributed by atoms with Crippen LogP contribution in [-0.2, 0) is 20.7 Å². The van der Waals surface area contributed by atoms with Crippen molar-refractivity contribution < 1.29 is 28.6 Å². The summed E-state index contributed by atoms with van der Waals surface area (Å²) in [6, 6.07) is 10.1. The molecule has 1 saturated heterocycles. The van der Waals surface area contributed by atoms with Crippen LogP contribution in [-0.4, -0.2) is 48.1 Å². The Balaban J connectivity index is 1.82. The number of fused-ring (bicyclic) bond motifs is 1. The van der Waals surface area contributed by atoms with Gasteiger partial charge in [0.05, 0.1) is 11.6 Å². The van der Waals surface area contributed by atoms with Crippen molar-refractivity contribution in [2.75, 3.05) is 20.3 Å². The van der Waals surface area contributed by atoms with Crippen LogP contribution in [0.25, 0.3) is 5.76 Å². The van der Waals surface area contributed by atoms with E-state index in [0.717, 1.165) is 11.3 Å². The van der Waals surface area contributed by atoms with Crippen LogP contribution in [0.5, 0.6) is 5.75 Å². The molecule has 0 saturated carbocycles. The summed E-state index contributed by atoms with van der Waals surface area (Å²) in [6.45, 7) is 2.53. The van der Waals surface area contributed by atoms with Gasteiger partial charge in [0, 0.05) is 37.8 Å². The number of amides is 1. The molecule has 0 unspecified atom stereocenters. The fourth-order valence-corrected chi connectivity index (χ4v) is 4.23. The molecule has 2 aromatic rings. The van der Waals surface area contributed by atoms with Crippen LogP contribution in [0.3, 0.4) is 0 Å². The van der Waals surface area contributed by atoms with Crippen molar-refractivity contribution in [1.29, 1.82) is 0 Å². The fraction of sp³-hybridized carbons (Fsp3) is 0.333. The third-order valence-electron chi connectivity index (χ3n) is 5.66. The third-order valence-corrected chi connectivity index (χ3v) is 5.66. The molecule has 2 aromatic carbocycles. The van der Waals surface area contributed by atoms with Crippen molar-refractivity contribution in [3.8, 4) is 5.75 Å². The lowest BCUT2D eigenvalue weighted by Crippen LogP contribution is -2.31. The van der Waals surface area contributed by atoms with E-state index in [4.69, 9.17) is 9.47 Å². The molecule has 0 aliphatic carbocycles. The highest BCUT2D eigenvalue weighted by Gasteiger charge is 2.46. The molecule has 0 bridgehead atoms. The zero-order valence-corrected chi connectivity index (χ0v) is 17.4. The minimum absolute atomic E-state index is 0.0252. The van der Waals surface area contributed by atoms with Gasteiger partial charge in [0.2, 0.25) is 0 Å². The van der Waals surface area contributed by atoms with E-state index in [0.29, 0.717) is 25.0 Å². The molecule has 0 aromatic heterocycles. The van der Waals surface area contributed by atoms with Crippen LogP contribution in [0.2, 0.25) is 0 Å². The van der Waals surface area contributed by atoms with Crippen LogP contribution in [0.15, 0.2) is 48.0 Å². The van der Waals surface area contributed by atoms with Crippen LogP contribution in [0.4, 0.5) is 4.39 Å². The van der Waals surface area contributed by atoms with E-state index in [1.807, 2.05) is 6.92 Å². The Hall–Kier alpha value is -3.19. The monoisotopic (exact) mass is 425 g/mol. The number of Topliss-reactive ketones (excluding diaryl/α,β-unsaturated/α-hetero) is 1. The number of halogens is 1. The zero-order chi connectivity index (χ0) is 22.1. The number of rotatable bonds is 6. The summed E-state index contributed by atoms with van der Waals surface area (Å²) in [5.41, 5.74) is 1.36. The topological polar surface area (TPSA) is 76.1 Å². The van der Waals surface area contributed by atoms with E-state index in [-0.39, 0.29) is 29.5 Å². The van der Waals surface area contributed by atoms with Gasteiger partial charge in [0.15, 0.2) is 0 Å². The Labute approximate surface area is 179 Å². The maximum atomic E-state index is 14.7. The number of likely N-dealkylation sites (tertiary alicyclic amines) is 1. The van der Waals surface area contributed by atoms with Gasteiger partial charge in [-0.15, -0.1) is 0 Å². The largest absolute Gasteiger partial charge is 0.507 e. The van der Waals surface area contributed by atoms with Gasteiger partial charge in [-0.25, -0.2) is 4.39 Å². The molecule has 31 heavy (non-hydrogen) atoms. The molecule has 0 spiro atoms. The van der Waals surface area contributed by atoms with Gasteiger partial charge >= 0.3 is 0 Å². The highest BCUT2D eigenvalue weighted by atomic mass is 19.1. The molecule has 2 aliphatic heterocycles. The minimum Gasteiger partial charge on any atom is -0.507 e. The van der Waals surface area contributed by atoms with Crippen molar-refractivity contribution in [1.82, 2.24) is 4.90 Å². The van der Waals surface area contributed by atoms with Crippen molar-refractivity contribution in [2.45, 2.75) is 31.9 Å². The molecule has 4 rings (SSSR count). The predicted molar refractivity (Wildman–Crippen MR) is 112 cm³/mol.